The molecule has 7 heteroatoms. The zero-order valence-corrected chi connectivity index (χ0v) is 17.4. The Morgan fingerprint density at radius 3 is 2.19 bits per heavy atom. The molecule has 26 heavy (non-hydrogen) atoms. The smallest absolute Gasteiger partial charge is 0.408 e. The van der Waals surface area contributed by atoms with Gasteiger partial charge in [0.25, 0.3) is 0 Å². The van der Waals surface area contributed by atoms with Gasteiger partial charge in [-0.25, -0.2) is 9.59 Å². The summed E-state index contributed by atoms with van der Waals surface area (Å²) in [5.74, 6) is 1.83. The fourth-order valence-corrected chi connectivity index (χ4v) is 2.34. The predicted molar refractivity (Wildman–Crippen MR) is 106 cm³/mol. The monoisotopic (exact) mass is 385 g/mol. The summed E-state index contributed by atoms with van der Waals surface area (Å²) in [6, 6.07) is 9.02. The number of para-hydroxylation sites is 1. The maximum Gasteiger partial charge on any atom is 0.408 e. The lowest BCUT2D eigenvalue weighted by atomic mass is 10.2. The maximum atomic E-state index is 11.6. The number of thioether (sulfide) groups is 1. The Bertz CT molecular complexity index is 516. The summed E-state index contributed by atoms with van der Waals surface area (Å²) in [6.07, 6.45) is -0.600. The van der Waals surface area contributed by atoms with Gasteiger partial charge in [-0.2, -0.15) is 11.8 Å². The number of carbonyl (C=O) groups is 2. The molecule has 1 rings (SSSR count). The summed E-state index contributed by atoms with van der Waals surface area (Å²) >= 11 is 1.56. The molecule has 0 aliphatic heterocycles. The maximum absolute atomic E-state index is 11.6. The topological polar surface area (TPSA) is 73.9 Å². The number of esters is 1. The predicted octanol–water partition coefficient (Wildman–Crippen LogP) is 3.89. The molecule has 0 heterocycles. The molecule has 1 unspecified atom stereocenters. The molecule has 148 valence electrons. The van der Waals surface area contributed by atoms with Crippen molar-refractivity contribution >= 4 is 23.8 Å². The molecule has 1 amide bonds. The van der Waals surface area contributed by atoms with E-state index in [0.29, 0.717) is 12.4 Å². The van der Waals surface area contributed by atoms with Crippen LogP contribution in [0.25, 0.3) is 0 Å². The highest BCUT2D eigenvalue weighted by atomic mass is 32.2. The first-order valence-corrected chi connectivity index (χ1v) is 9.71. The molecule has 0 spiro atoms. The number of ether oxygens (including phenoxy) is 3. The van der Waals surface area contributed by atoms with E-state index in [4.69, 9.17) is 14.2 Å². The van der Waals surface area contributed by atoms with Gasteiger partial charge in [0.2, 0.25) is 0 Å². The summed E-state index contributed by atoms with van der Waals surface area (Å²) in [6.45, 7) is 9.32. The van der Waals surface area contributed by atoms with Crippen molar-refractivity contribution in [2.45, 2.75) is 46.3 Å². The van der Waals surface area contributed by atoms with Crippen LogP contribution in [-0.4, -0.2) is 48.9 Å². The minimum Gasteiger partial charge on any atom is -0.497 e. The van der Waals surface area contributed by atoms with E-state index in [1.807, 2.05) is 37.3 Å². The van der Waals surface area contributed by atoms with Gasteiger partial charge in [-0.15, -0.1) is 0 Å². The van der Waals surface area contributed by atoms with Gasteiger partial charge in [0.05, 0.1) is 13.7 Å². The number of hydrogen-bond acceptors (Lipinski definition) is 6. The van der Waals surface area contributed by atoms with Crippen LogP contribution in [0.3, 0.4) is 0 Å². The van der Waals surface area contributed by atoms with Gasteiger partial charge < -0.3 is 19.5 Å². The highest BCUT2D eigenvalue weighted by Crippen LogP contribution is 2.09. The highest BCUT2D eigenvalue weighted by molar-refractivity contribution is 7.99. The number of nitrogens with one attached hydrogen (secondary N) is 1. The normalized spacial score (nSPS) is 11.5. The second-order valence-corrected chi connectivity index (χ2v) is 7.45. The number of amides is 1. The second kappa shape index (κ2) is 13.3. The Balaban J connectivity index is 0.000000642. The van der Waals surface area contributed by atoms with E-state index in [9.17, 15) is 9.59 Å². The SMILES string of the molecule is CCOC(=O)C(CSCC)NC(=O)OC(C)(C)C.COc1ccccc1. The summed E-state index contributed by atoms with van der Waals surface area (Å²) in [5.41, 5.74) is -0.582. The van der Waals surface area contributed by atoms with Crippen LogP contribution in [0.2, 0.25) is 0 Å². The number of methoxy groups -OCH3 is 1. The van der Waals surface area contributed by atoms with E-state index in [1.54, 1.807) is 46.6 Å². The Hall–Kier alpha value is -1.89. The van der Waals surface area contributed by atoms with Gasteiger partial charge in [0, 0.05) is 5.75 Å². The Morgan fingerprint density at radius 2 is 1.77 bits per heavy atom. The van der Waals surface area contributed by atoms with Crippen LogP contribution >= 0.6 is 11.8 Å². The van der Waals surface area contributed by atoms with Crippen molar-refractivity contribution in [3.63, 3.8) is 0 Å². The molecule has 0 bridgehead atoms. The van der Waals surface area contributed by atoms with Crippen LogP contribution in [-0.2, 0) is 14.3 Å². The fraction of sp³-hybridized carbons (Fsp3) is 0.579. The lowest BCUT2D eigenvalue weighted by molar-refractivity contribution is -0.145. The van der Waals surface area contributed by atoms with Crippen LogP contribution in [0.5, 0.6) is 5.75 Å². The van der Waals surface area contributed by atoms with E-state index in [2.05, 4.69) is 5.32 Å². The van der Waals surface area contributed by atoms with Gasteiger partial charge in [0.15, 0.2) is 0 Å². The minimum atomic E-state index is -0.662. The minimum absolute atomic E-state index is 0.294. The standard InChI is InChI=1S/C12H23NO4S.C7H8O/c1-6-16-10(14)9(8-18-7-2)13-11(15)17-12(3,4)5;1-8-7-5-3-2-4-6-7/h9H,6-8H2,1-5H3,(H,13,15);2-6H,1H3. The summed E-state index contributed by atoms with van der Waals surface area (Å²) in [7, 11) is 1.66. The average molecular weight is 386 g/mol. The Morgan fingerprint density at radius 1 is 1.15 bits per heavy atom. The molecular formula is C19H31NO5S. The average Bonchev–Trinajstić information content (AvgIpc) is 2.58. The number of carbonyl (C=O) groups excluding carboxylic acids is 2. The van der Waals surface area contributed by atoms with E-state index < -0.39 is 23.7 Å². The molecule has 0 saturated carbocycles. The van der Waals surface area contributed by atoms with E-state index >= 15 is 0 Å². The fourth-order valence-electron chi connectivity index (χ4n) is 1.65. The molecule has 1 N–H and O–H groups in total. The molecule has 1 aromatic rings. The van der Waals surface area contributed by atoms with Gasteiger partial charge in [0.1, 0.15) is 17.4 Å². The largest absolute Gasteiger partial charge is 0.497 e. The number of rotatable bonds is 7. The molecule has 0 fully saturated rings. The lowest BCUT2D eigenvalue weighted by Gasteiger charge is -2.22. The quantitative estimate of drug-likeness (QED) is 0.718. The van der Waals surface area contributed by atoms with Crippen molar-refractivity contribution in [1.82, 2.24) is 5.32 Å². The number of benzene rings is 1. The lowest BCUT2D eigenvalue weighted by Crippen LogP contribution is -2.45. The van der Waals surface area contributed by atoms with Crippen LogP contribution in [0.1, 0.15) is 34.6 Å². The first-order valence-electron chi connectivity index (χ1n) is 8.56. The van der Waals surface area contributed by atoms with Gasteiger partial charge >= 0.3 is 12.1 Å². The number of alkyl carbamates (subject to hydrolysis) is 1. The van der Waals surface area contributed by atoms with Crippen molar-refractivity contribution in [2.75, 3.05) is 25.2 Å². The first kappa shape index (κ1) is 24.1. The number of hydrogen-bond donors (Lipinski definition) is 1. The highest BCUT2D eigenvalue weighted by Gasteiger charge is 2.25. The summed E-state index contributed by atoms with van der Waals surface area (Å²) in [4.78, 5) is 23.2. The molecule has 1 aromatic carbocycles. The Labute approximate surface area is 161 Å². The molecule has 0 saturated heterocycles. The van der Waals surface area contributed by atoms with Gasteiger partial charge in [-0.3, -0.25) is 0 Å². The molecule has 0 aromatic heterocycles. The van der Waals surface area contributed by atoms with E-state index in [0.717, 1.165) is 11.5 Å². The van der Waals surface area contributed by atoms with Crippen LogP contribution in [0.4, 0.5) is 4.79 Å². The van der Waals surface area contributed by atoms with E-state index in [1.165, 1.54) is 0 Å². The molecular weight excluding hydrogens is 354 g/mol. The van der Waals surface area contributed by atoms with E-state index in [-0.39, 0.29) is 0 Å². The third-order valence-corrected chi connectivity index (χ3v) is 3.71. The zero-order chi connectivity index (χ0) is 20.0. The molecule has 0 aliphatic carbocycles. The molecule has 0 radical (unpaired) electrons. The Kier molecular flexibility index (Phi) is 12.4. The molecule has 1 atom stereocenters. The van der Waals surface area contributed by atoms with Crippen LogP contribution in [0.15, 0.2) is 30.3 Å². The van der Waals surface area contributed by atoms with Crippen molar-refractivity contribution in [3.05, 3.63) is 30.3 Å². The van der Waals surface area contributed by atoms with Gasteiger partial charge in [-0.1, -0.05) is 25.1 Å². The van der Waals surface area contributed by atoms with Crippen LogP contribution in [0, 0.1) is 0 Å². The van der Waals surface area contributed by atoms with Crippen molar-refractivity contribution in [3.8, 4) is 5.75 Å². The zero-order valence-electron chi connectivity index (χ0n) is 16.5. The van der Waals surface area contributed by atoms with Crippen molar-refractivity contribution in [2.24, 2.45) is 0 Å². The molecule has 6 nitrogen and oxygen atoms in total. The van der Waals surface area contributed by atoms with Crippen LogP contribution < -0.4 is 10.1 Å². The first-order chi connectivity index (χ1) is 12.2. The second-order valence-electron chi connectivity index (χ2n) is 6.13. The van der Waals surface area contributed by atoms with Crippen molar-refractivity contribution in [1.29, 1.82) is 0 Å². The van der Waals surface area contributed by atoms with Crippen molar-refractivity contribution < 1.29 is 23.8 Å². The third-order valence-electron chi connectivity index (χ3n) is 2.73. The molecule has 0 aliphatic rings. The van der Waals surface area contributed by atoms with Gasteiger partial charge in [-0.05, 0) is 45.6 Å². The summed E-state index contributed by atoms with van der Waals surface area (Å²) in [5, 5.41) is 2.54. The summed E-state index contributed by atoms with van der Waals surface area (Å²) < 4.78 is 14.9. The third kappa shape index (κ3) is 12.5.